The molecule has 3 rings (SSSR count). The van der Waals surface area contributed by atoms with E-state index in [-0.39, 0.29) is 5.92 Å². The lowest BCUT2D eigenvalue weighted by molar-refractivity contribution is 0.0890. The Bertz CT molecular complexity index is 624. The summed E-state index contributed by atoms with van der Waals surface area (Å²) in [5.41, 5.74) is 3.13. The maximum absolute atomic E-state index is 10.5. The average molecular weight is 298 g/mol. The number of anilines is 1. The average Bonchev–Trinajstić information content (AvgIpc) is 2.58. The first-order chi connectivity index (χ1) is 10.7. The van der Waals surface area contributed by atoms with E-state index in [2.05, 4.69) is 33.9 Å². The molecule has 3 heterocycles. The van der Waals surface area contributed by atoms with Gasteiger partial charge in [0.25, 0.3) is 0 Å². The van der Waals surface area contributed by atoms with E-state index in [0.29, 0.717) is 0 Å². The van der Waals surface area contributed by atoms with Crippen LogP contribution in [-0.2, 0) is 0 Å². The second-order valence-electron chi connectivity index (χ2n) is 6.00. The standard InChI is InChI=1S/C17H22N4O/c1-12-11-19-20-17(13(12)2)21-9-6-14(7-10-21)16(22)15-5-3-4-8-18-15/h3-5,8,11,14,16,22H,6-7,9-10H2,1-2H3. The zero-order valence-corrected chi connectivity index (χ0v) is 13.1. The summed E-state index contributed by atoms with van der Waals surface area (Å²) in [6.07, 6.45) is 4.93. The third-order valence-corrected chi connectivity index (χ3v) is 4.61. The van der Waals surface area contributed by atoms with Crippen molar-refractivity contribution in [3.05, 3.63) is 47.4 Å². The summed E-state index contributed by atoms with van der Waals surface area (Å²) < 4.78 is 0. The topological polar surface area (TPSA) is 62.1 Å². The van der Waals surface area contributed by atoms with Gasteiger partial charge in [-0.3, -0.25) is 4.98 Å². The van der Waals surface area contributed by atoms with Crippen molar-refractivity contribution in [1.29, 1.82) is 0 Å². The molecule has 0 saturated carbocycles. The van der Waals surface area contributed by atoms with Crippen molar-refractivity contribution in [3.8, 4) is 0 Å². The normalized spacial score (nSPS) is 17.5. The molecule has 1 aliphatic heterocycles. The highest BCUT2D eigenvalue weighted by atomic mass is 16.3. The molecule has 5 nitrogen and oxygen atoms in total. The third-order valence-electron chi connectivity index (χ3n) is 4.61. The number of aryl methyl sites for hydroxylation is 1. The summed E-state index contributed by atoms with van der Waals surface area (Å²) >= 11 is 0. The Morgan fingerprint density at radius 1 is 1.23 bits per heavy atom. The lowest BCUT2D eigenvalue weighted by Crippen LogP contribution is -2.37. The SMILES string of the molecule is Cc1cnnc(N2CCC(C(O)c3ccccn3)CC2)c1C. The first-order valence-electron chi connectivity index (χ1n) is 7.79. The minimum atomic E-state index is -0.479. The third kappa shape index (κ3) is 2.95. The molecule has 2 aromatic rings. The van der Waals surface area contributed by atoms with E-state index < -0.39 is 6.10 Å². The van der Waals surface area contributed by atoms with Gasteiger partial charge in [-0.05, 0) is 55.9 Å². The summed E-state index contributed by atoms with van der Waals surface area (Å²) in [4.78, 5) is 6.55. The van der Waals surface area contributed by atoms with Gasteiger partial charge in [-0.1, -0.05) is 6.07 Å². The lowest BCUT2D eigenvalue weighted by Gasteiger charge is -2.35. The van der Waals surface area contributed by atoms with Gasteiger partial charge < -0.3 is 10.0 Å². The molecule has 0 spiro atoms. The van der Waals surface area contributed by atoms with Crippen LogP contribution in [0.3, 0.4) is 0 Å². The van der Waals surface area contributed by atoms with Crippen LogP contribution in [0.25, 0.3) is 0 Å². The highest BCUT2D eigenvalue weighted by Gasteiger charge is 2.28. The fourth-order valence-corrected chi connectivity index (χ4v) is 3.04. The largest absolute Gasteiger partial charge is 0.387 e. The predicted molar refractivity (Wildman–Crippen MR) is 85.6 cm³/mol. The number of hydrogen-bond donors (Lipinski definition) is 1. The highest BCUT2D eigenvalue weighted by Crippen LogP contribution is 2.32. The van der Waals surface area contributed by atoms with Crippen LogP contribution in [0.1, 0.15) is 35.8 Å². The zero-order valence-electron chi connectivity index (χ0n) is 13.1. The summed E-state index contributed by atoms with van der Waals surface area (Å²) in [6.45, 7) is 5.94. The summed E-state index contributed by atoms with van der Waals surface area (Å²) in [5, 5.41) is 18.9. The number of aliphatic hydroxyl groups is 1. The van der Waals surface area contributed by atoms with E-state index in [4.69, 9.17) is 0 Å². The Hall–Kier alpha value is -2.01. The second kappa shape index (κ2) is 6.40. The van der Waals surface area contributed by atoms with Crippen LogP contribution in [0.5, 0.6) is 0 Å². The molecule has 0 bridgehead atoms. The van der Waals surface area contributed by atoms with E-state index in [1.54, 1.807) is 12.4 Å². The molecule has 0 aliphatic carbocycles. The van der Waals surface area contributed by atoms with Crippen LogP contribution < -0.4 is 4.90 Å². The quantitative estimate of drug-likeness (QED) is 0.943. The molecule has 0 radical (unpaired) electrons. The van der Waals surface area contributed by atoms with Gasteiger partial charge >= 0.3 is 0 Å². The number of pyridine rings is 1. The first-order valence-corrected chi connectivity index (χ1v) is 7.79. The second-order valence-corrected chi connectivity index (χ2v) is 6.00. The van der Waals surface area contributed by atoms with Gasteiger partial charge in [0, 0.05) is 19.3 Å². The maximum Gasteiger partial charge on any atom is 0.154 e. The number of aliphatic hydroxyl groups excluding tert-OH is 1. The molecule has 22 heavy (non-hydrogen) atoms. The van der Waals surface area contributed by atoms with Crippen LogP contribution in [-0.4, -0.2) is 33.4 Å². The van der Waals surface area contributed by atoms with E-state index in [1.165, 1.54) is 11.1 Å². The molecule has 2 aromatic heterocycles. The van der Waals surface area contributed by atoms with Gasteiger partial charge in [-0.2, -0.15) is 5.10 Å². The minimum Gasteiger partial charge on any atom is -0.387 e. The molecule has 1 N–H and O–H groups in total. The Morgan fingerprint density at radius 2 is 2.00 bits per heavy atom. The maximum atomic E-state index is 10.5. The van der Waals surface area contributed by atoms with Crippen LogP contribution in [0.15, 0.2) is 30.6 Å². The van der Waals surface area contributed by atoms with Crippen molar-refractivity contribution >= 4 is 5.82 Å². The van der Waals surface area contributed by atoms with E-state index >= 15 is 0 Å². The van der Waals surface area contributed by atoms with E-state index in [0.717, 1.165) is 37.4 Å². The number of rotatable bonds is 3. The monoisotopic (exact) mass is 298 g/mol. The minimum absolute atomic E-state index is 0.254. The van der Waals surface area contributed by atoms with Gasteiger partial charge in [-0.25, -0.2) is 0 Å². The van der Waals surface area contributed by atoms with Crippen molar-refractivity contribution in [1.82, 2.24) is 15.2 Å². The molecule has 5 heteroatoms. The van der Waals surface area contributed by atoms with Gasteiger partial charge in [0.15, 0.2) is 5.82 Å². The Balaban J connectivity index is 1.66. The van der Waals surface area contributed by atoms with E-state index in [1.807, 2.05) is 18.2 Å². The number of nitrogens with zero attached hydrogens (tertiary/aromatic N) is 4. The smallest absolute Gasteiger partial charge is 0.154 e. The summed E-state index contributed by atoms with van der Waals surface area (Å²) in [5.74, 6) is 1.23. The van der Waals surface area contributed by atoms with Gasteiger partial charge in [0.2, 0.25) is 0 Å². The van der Waals surface area contributed by atoms with Crippen LogP contribution >= 0.6 is 0 Å². The molecule has 116 valence electrons. The molecule has 1 unspecified atom stereocenters. The molecule has 0 aromatic carbocycles. The molecule has 1 saturated heterocycles. The van der Waals surface area contributed by atoms with Crippen molar-refractivity contribution in [2.45, 2.75) is 32.8 Å². The molecule has 1 aliphatic rings. The fourth-order valence-electron chi connectivity index (χ4n) is 3.04. The van der Waals surface area contributed by atoms with E-state index in [9.17, 15) is 5.11 Å². The summed E-state index contributed by atoms with van der Waals surface area (Å²) in [7, 11) is 0. The molecular formula is C17H22N4O. The molecule has 0 amide bonds. The van der Waals surface area contributed by atoms with Crippen LogP contribution in [0.4, 0.5) is 5.82 Å². The number of hydrogen-bond acceptors (Lipinski definition) is 5. The van der Waals surface area contributed by atoms with Gasteiger partial charge in [0.05, 0.1) is 18.0 Å². The molecule has 1 fully saturated rings. The Labute approximate surface area is 131 Å². The summed E-state index contributed by atoms with van der Waals surface area (Å²) in [6, 6.07) is 5.69. The molecular weight excluding hydrogens is 276 g/mol. The predicted octanol–water partition coefficient (Wildman–Crippen LogP) is 2.44. The van der Waals surface area contributed by atoms with Crippen molar-refractivity contribution in [2.75, 3.05) is 18.0 Å². The van der Waals surface area contributed by atoms with Crippen molar-refractivity contribution in [2.24, 2.45) is 5.92 Å². The van der Waals surface area contributed by atoms with Crippen molar-refractivity contribution in [3.63, 3.8) is 0 Å². The molecule has 1 atom stereocenters. The zero-order chi connectivity index (χ0) is 15.5. The first kappa shape index (κ1) is 14.9. The Kier molecular flexibility index (Phi) is 4.34. The van der Waals surface area contributed by atoms with Crippen LogP contribution in [0.2, 0.25) is 0 Å². The fraction of sp³-hybridized carbons (Fsp3) is 0.471. The number of piperidine rings is 1. The van der Waals surface area contributed by atoms with Crippen molar-refractivity contribution < 1.29 is 5.11 Å². The number of aromatic nitrogens is 3. The highest BCUT2D eigenvalue weighted by molar-refractivity contribution is 5.48. The van der Waals surface area contributed by atoms with Gasteiger partial charge in [0.1, 0.15) is 0 Å². The van der Waals surface area contributed by atoms with Gasteiger partial charge in [-0.15, -0.1) is 5.10 Å². The van der Waals surface area contributed by atoms with Crippen LogP contribution in [0, 0.1) is 19.8 Å². The lowest BCUT2D eigenvalue weighted by atomic mass is 9.89. The Morgan fingerprint density at radius 3 is 2.68 bits per heavy atom.